The first-order valence-electron chi connectivity index (χ1n) is 8.09. The minimum absolute atomic E-state index is 0.589. The molecule has 0 unspecified atom stereocenters. The Balaban J connectivity index is 1.85. The van der Waals surface area contributed by atoms with E-state index in [9.17, 15) is 0 Å². The number of nitrogens with zero attached hydrogens (tertiary/aromatic N) is 5. The molecule has 6 nitrogen and oxygen atoms in total. The maximum Gasteiger partial charge on any atom is 0.199 e. The second-order valence-corrected chi connectivity index (χ2v) is 7.00. The molecule has 3 aromatic heterocycles. The Bertz CT molecular complexity index is 886. The Labute approximate surface area is 160 Å². The molecular formula is C17H20BrN5OS. The van der Waals surface area contributed by atoms with Crippen molar-refractivity contribution in [1.29, 1.82) is 0 Å². The quantitative estimate of drug-likeness (QED) is 0.531. The summed E-state index contributed by atoms with van der Waals surface area (Å²) < 4.78 is 11.0. The molecule has 0 atom stereocenters. The van der Waals surface area contributed by atoms with Crippen molar-refractivity contribution in [1.82, 2.24) is 24.2 Å². The standard InChI is InChI=1S/C17H20BrN5OS/c1-3-10-22-16(13-6-8-19-9-7-13)20-23(17(22)25)12-21(2)11-14-4-5-15(18)24-14/h4-9H,3,10-12H2,1-2H3. The second-order valence-electron chi connectivity index (χ2n) is 5.85. The zero-order valence-corrected chi connectivity index (χ0v) is 16.6. The van der Waals surface area contributed by atoms with E-state index in [4.69, 9.17) is 21.7 Å². The summed E-state index contributed by atoms with van der Waals surface area (Å²) in [5, 5.41) is 4.75. The van der Waals surface area contributed by atoms with Crippen molar-refractivity contribution >= 4 is 28.1 Å². The van der Waals surface area contributed by atoms with Crippen LogP contribution in [0.3, 0.4) is 0 Å². The average Bonchev–Trinajstić information content (AvgIpc) is 3.14. The molecule has 0 saturated carbocycles. The van der Waals surface area contributed by atoms with Gasteiger partial charge >= 0.3 is 0 Å². The SMILES string of the molecule is CCCn1c(-c2ccncc2)nn(CN(C)Cc2ccc(Br)o2)c1=S. The van der Waals surface area contributed by atoms with E-state index < -0.39 is 0 Å². The lowest BCUT2D eigenvalue weighted by atomic mass is 10.2. The van der Waals surface area contributed by atoms with E-state index >= 15 is 0 Å². The lowest BCUT2D eigenvalue weighted by Crippen LogP contribution is -2.22. The van der Waals surface area contributed by atoms with Crippen LogP contribution in [0.2, 0.25) is 0 Å². The smallest absolute Gasteiger partial charge is 0.199 e. The molecule has 3 aromatic rings. The molecule has 0 amide bonds. The van der Waals surface area contributed by atoms with Crippen LogP contribution < -0.4 is 0 Å². The normalized spacial score (nSPS) is 11.4. The molecule has 0 N–H and O–H groups in total. The van der Waals surface area contributed by atoms with E-state index in [1.54, 1.807) is 12.4 Å². The zero-order valence-electron chi connectivity index (χ0n) is 14.2. The van der Waals surface area contributed by atoms with Gasteiger partial charge in [0, 0.05) is 24.5 Å². The number of hydrogen-bond donors (Lipinski definition) is 0. The molecule has 132 valence electrons. The Hall–Kier alpha value is -1.77. The van der Waals surface area contributed by atoms with Crippen LogP contribution >= 0.6 is 28.1 Å². The molecule has 0 aromatic carbocycles. The largest absolute Gasteiger partial charge is 0.453 e. The lowest BCUT2D eigenvalue weighted by molar-refractivity contribution is 0.224. The van der Waals surface area contributed by atoms with Crippen LogP contribution in [0.5, 0.6) is 0 Å². The molecule has 0 aliphatic rings. The van der Waals surface area contributed by atoms with Gasteiger partial charge in [0.15, 0.2) is 15.3 Å². The van der Waals surface area contributed by atoms with Gasteiger partial charge in [-0.15, -0.1) is 0 Å². The highest BCUT2D eigenvalue weighted by Gasteiger charge is 2.14. The van der Waals surface area contributed by atoms with E-state index in [0.29, 0.717) is 13.2 Å². The van der Waals surface area contributed by atoms with Crippen molar-refractivity contribution in [3.63, 3.8) is 0 Å². The highest BCUT2D eigenvalue weighted by atomic mass is 79.9. The van der Waals surface area contributed by atoms with Gasteiger partial charge in [0.1, 0.15) is 5.76 Å². The van der Waals surface area contributed by atoms with E-state index in [0.717, 1.165) is 39.6 Å². The summed E-state index contributed by atoms with van der Waals surface area (Å²) in [6.07, 6.45) is 4.54. The summed E-state index contributed by atoms with van der Waals surface area (Å²) in [6, 6.07) is 7.76. The minimum atomic E-state index is 0.589. The topological polar surface area (TPSA) is 52.0 Å². The lowest BCUT2D eigenvalue weighted by Gasteiger charge is -2.14. The molecule has 0 aliphatic carbocycles. The third kappa shape index (κ3) is 4.26. The van der Waals surface area contributed by atoms with Crippen LogP contribution in [-0.2, 0) is 19.8 Å². The van der Waals surface area contributed by atoms with Crippen LogP contribution in [0.15, 0.2) is 45.7 Å². The fourth-order valence-electron chi connectivity index (χ4n) is 2.65. The van der Waals surface area contributed by atoms with E-state index in [1.165, 1.54) is 0 Å². The summed E-state index contributed by atoms with van der Waals surface area (Å²) >= 11 is 8.98. The Morgan fingerprint density at radius 1 is 1.24 bits per heavy atom. The monoisotopic (exact) mass is 421 g/mol. The third-order valence-corrected chi connectivity index (χ3v) is 4.60. The summed E-state index contributed by atoms with van der Waals surface area (Å²) in [4.78, 5) is 6.19. The molecule has 3 heterocycles. The van der Waals surface area contributed by atoms with E-state index in [2.05, 4.69) is 37.3 Å². The van der Waals surface area contributed by atoms with Gasteiger partial charge in [0.25, 0.3) is 0 Å². The molecule has 25 heavy (non-hydrogen) atoms. The van der Waals surface area contributed by atoms with Gasteiger partial charge in [-0.2, -0.15) is 5.10 Å². The van der Waals surface area contributed by atoms with Gasteiger partial charge in [-0.25, -0.2) is 4.68 Å². The molecule has 0 spiro atoms. The summed E-state index contributed by atoms with van der Waals surface area (Å²) in [7, 11) is 2.02. The fourth-order valence-corrected chi connectivity index (χ4v) is 3.27. The number of halogens is 1. The number of pyridine rings is 1. The van der Waals surface area contributed by atoms with Crippen molar-refractivity contribution in [2.45, 2.75) is 33.1 Å². The van der Waals surface area contributed by atoms with Gasteiger partial charge in [0.05, 0.1) is 13.2 Å². The van der Waals surface area contributed by atoms with Crippen LogP contribution in [-0.4, -0.2) is 31.3 Å². The van der Waals surface area contributed by atoms with Gasteiger partial charge in [-0.3, -0.25) is 14.5 Å². The first kappa shape index (κ1) is 18.0. The Morgan fingerprint density at radius 2 is 2.00 bits per heavy atom. The van der Waals surface area contributed by atoms with Crippen molar-refractivity contribution in [3.05, 3.63) is 51.9 Å². The fraction of sp³-hybridized carbons (Fsp3) is 0.353. The van der Waals surface area contributed by atoms with Gasteiger partial charge in [-0.1, -0.05) is 6.92 Å². The van der Waals surface area contributed by atoms with Crippen molar-refractivity contribution in [2.24, 2.45) is 0 Å². The number of aromatic nitrogens is 4. The third-order valence-electron chi connectivity index (χ3n) is 3.74. The number of rotatable bonds is 7. The minimum Gasteiger partial charge on any atom is -0.453 e. The van der Waals surface area contributed by atoms with E-state index in [1.807, 2.05) is 36.0 Å². The molecule has 8 heteroatoms. The molecule has 3 rings (SSSR count). The first-order chi connectivity index (χ1) is 12.1. The van der Waals surface area contributed by atoms with Gasteiger partial charge in [-0.05, 0) is 65.9 Å². The van der Waals surface area contributed by atoms with Gasteiger partial charge < -0.3 is 4.42 Å². The van der Waals surface area contributed by atoms with Crippen LogP contribution in [0.25, 0.3) is 11.4 Å². The summed E-state index contributed by atoms with van der Waals surface area (Å²) in [5.74, 6) is 1.77. The molecule has 0 saturated heterocycles. The maximum absolute atomic E-state index is 5.66. The van der Waals surface area contributed by atoms with Crippen LogP contribution in [0.1, 0.15) is 19.1 Å². The van der Waals surface area contributed by atoms with Gasteiger partial charge in [0.2, 0.25) is 0 Å². The number of hydrogen-bond acceptors (Lipinski definition) is 5. The number of furan rings is 1. The van der Waals surface area contributed by atoms with Crippen LogP contribution in [0, 0.1) is 4.77 Å². The Kier molecular flexibility index (Phi) is 5.82. The van der Waals surface area contributed by atoms with Crippen molar-refractivity contribution in [2.75, 3.05) is 7.05 Å². The van der Waals surface area contributed by atoms with Crippen LogP contribution in [0.4, 0.5) is 0 Å². The van der Waals surface area contributed by atoms with E-state index in [-0.39, 0.29) is 0 Å². The van der Waals surface area contributed by atoms with Crippen molar-refractivity contribution < 1.29 is 4.42 Å². The predicted molar refractivity (Wildman–Crippen MR) is 102 cm³/mol. The van der Waals surface area contributed by atoms with Crippen molar-refractivity contribution in [3.8, 4) is 11.4 Å². The Morgan fingerprint density at radius 3 is 2.64 bits per heavy atom. The molecule has 0 fully saturated rings. The summed E-state index contributed by atoms with van der Waals surface area (Å²) in [5.41, 5.74) is 1.02. The zero-order chi connectivity index (χ0) is 17.8. The first-order valence-corrected chi connectivity index (χ1v) is 9.29. The maximum atomic E-state index is 5.66. The second kappa shape index (κ2) is 8.07. The summed E-state index contributed by atoms with van der Waals surface area (Å²) in [6.45, 7) is 4.24. The molecule has 0 bridgehead atoms. The average molecular weight is 422 g/mol. The predicted octanol–water partition coefficient (Wildman–Crippen LogP) is 4.33. The molecular weight excluding hydrogens is 402 g/mol. The highest BCUT2D eigenvalue weighted by molar-refractivity contribution is 9.10. The highest BCUT2D eigenvalue weighted by Crippen LogP contribution is 2.19. The molecule has 0 radical (unpaired) electrons. The molecule has 0 aliphatic heterocycles.